The van der Waals surface area contributed by atoms with Crippen molar-refractivity contribution < 1.29 is 0 Å². The molecule has 0 aliphatic heterocycles. The average Bonchev–Trinajstić information content (AvgIpc) is 2.41. The molecule has 0 aromatic heterocycles. The standard InChI is InChI=1S/C19H32N2S/c1-12-4-3-5-13(2)17(12)20-18(22)21-19-9-14-6-15(10-19)8-16(7-14)11-19/h12-17H,3-11H2,1-2H3,(H2,20,21,22). The lowest BCUT2D eigenvalue weighted by Gasteiger charge is -2.57. The fraction of sp³-hybridized carbons (Fsp3) is 0.947. The van der Waals surface area contributed by atoms with E-state index in [1.54, 1.807) is 0 Å². The topological polar surface area (TPSA) is 24.1 Å². The smallest absolute Gasteiger partial charge is 0.166 e. The van der Waals surface area contributed by atoms with Gasteiger partial charge in [0.25, 0.3) is 0 Å². The third kappa shape index (κ3) is 2.79. The van der Waals surface area contributed by atoms with E-state index in [1.807, 2.05) is 0 Å². The minimum absolute atomic E-state index is 0.347. The SMILES string of the molecule is CC1CCCC(C)C1NC(=S)NC12CC3CC(CC(C3)C1)C2. The van der Waals surface area contributed by atoms with Gasteiger partial charge < -0.3 is 10.6 Å². The summed E-state index contributed by atoms with van der Waals surface area (Å²) in [7, 11) is 0. The van der Waals surface area contributed by atoms with Crippen LogP contribution in [0.3, 0.4) is 0 Å². The fourth-order valence-electron chi connectivity index (χ4n) is 6.66. The second kappa shape index (κ2) is 5.65. The molecule has 5 saturated carbocycles. The van der Waals surface area contributed by atoms with E-state index >= 15 is 0 Å². The monoisotopic (exact) mass is 320 g/mol. The Bertz CT molecular complexity index is 401. The molecule has 3 heteroatoms. The maximum Gasteiger partial charge on any atom is 0.166 e. The van der Waals surface area contributed by atoms with Gasteiger partial charge in [-0.25, -0.2) is 0 Å². The lowest BCUT2D eigenvalue weighted by molar-refractivity contribution is -0.0104. The zero-order valence-electron chi connectivity index (χ0n) is 14.2. The summed E-state index contributed by atoms with van der Waals surface area (Å²) < 4.78 is 0. The first-order valence-electron chi connectivity index (χ1n) is 9.62. The van der Waals surface area contributed by atoms with Crippen LogP contribution < -0.4 is 10.6 Å². The van der Waals surface area contributed by atoms with Crippen LogP contribution in [0.25, 0.3) is 0 Å². The van der Waals surface area contributed by atoms with Gasteiger partial charge in [0.2, 0.25) is 0 Å². The molecule has 5 aliphatic rings. The second-order valence-electron chi connectivity index (χ2n) is 9.21. The molecule has 0 amide bonds. The first-order valence-corrected chi connectivity index (χ1v) is 10.0. The van der Waals surface area contributed by atoms with Gasteiger partial charge in [-0.2, -0.15) is 0 Å². The summed E-state index contributed by atoms with van der Waals surface area (Å²) in [6.45, 7) is 4.78. The molecule has 2 unspecified atom stereocenters. The van der Waals surface area contributed by atoms with E-state index in [4.69, 9.17) is 12.2 Å². The highest BCUT2D eigenvalue weighted by Gasteiger charge is 2.51. The average molecular weight is 321 g/mol. The second-order valence-corrected chi connectivity index (χ2v) is 9.62. The molecule has 4 bridgehead atoms. The molecule has 0 heterocycles. The van der Waals surface area contributed by atoms with Gasteiger partial charge in [-0.05, 0) is 93.2 Å². The summed E-state index contributed by atoms with van der Waals surface area (Å²) in [4.78, 5) is 0. The van der Waals surface area contributed by atoms with Gasteiger partial charge in [0.05, 0.1) is 0 Å². The Labute approximate surface area is 141 Å². The van der Waals surface area contributed by atoms with Gasteiger partial charge in [0, 0.05) is 11.6 Å². The minimum Gasteiger partial charge on any atom is -0.359 e. The van der Waals surface area contributed by atoms with E-state index in [0.29, 0.717) is 11.6 Å². The molecule has 5 aliphatic carbocycles. The fourth-order valence-corrected chi connectivity index (χ4v) is 7.01. The summed E-state index contributed by atoms with van der Waals surface area (Å²) in [5.74, 6) is 4.44. The number of rotatable bonds is 2. The summed E-state index contributed by atoms with van der Waals surface area (Å²) in [6, 6.07) is 0.572. The molecule has 0 spiro atoms. The molecule has 0 aromatic rings. The number of hydrogen-bond donors (Lipinski definition) is 2. The highest BCUT2D eigenvalue weighted by atomic mass is 32.1. The first kappa shape index (κ1) is 15.2. The van der Waals surface area contributed by atoms with Crippen LogP contribution in [0.5, 0.6) is 0 Å². The van der Waals surface area contributed by atoms with Crippen molar-refractivity contribution in [2.24, 2.45) is 29.6 Å². The van der Waals surface area contributed by atoms with Crippen molar-refractivity contribution in [1.29, 1.82) is 0 Å². The molecule has 2 atom stereocenters. The summed E-state index contributed by atoms with van der Waals surface area (Å²) in [5, 5.41) is 8.50. The lowest BCUT2D eigenvalue weighted by atomic mass is 9.53. The Morgan fingerprint density at radius 2 is 1.41 bits per heavy atom. The minimum atomic E-state index is 0.347. The van der Waals surface area contributed by atoms with Crippen molar-refractivity contribution in [1.82, 2.24) is 10.6 Å². The largest absolute Gasteiger partial charge is 0.359 e. The molecule has 0 radical (unpaired) electrons. The van der Waals surface area contributed by atoms with E-state index in [2.05, 4.69) is 24.5 Å². The maximum absolute atomic E-state index is 5.75. The van der Waals surface area contributed by atoms with Crippen molar-refractivity contribution in [3.8, 4) is 0 Å². The zero-order valence-corrected chi connectivity index (χ0v) is 15.1. The molecule has 2 nitrogen and oxygen atoms in total. The Hall–Kier alpha value is -0.310. The molecule has 5 rings (SSSR count). The van der Waals surface area contributed by atoms with Gasteiger partial charge in [-0.1, -0.05) is 20.3 Å². The Balaban J connectivity index is 1.39. The summed E-state index contributed by atoms with van der Waals surface area (Å²) in [5.41, 5.74) is 0.347. The Morgan fingerprint density at radius 3 is 1.91 bits per heavy atom. The van der Waals surface area contributed by atoms with Crippen LogP contribution in [0.4, 0.5) is 0 Å². The molecule has 0 saturated heterocycles. The summed E-state index contributed by atoms with van der Waals surface area (Å²) >= 11 is 5.75. The van der Waals surface area contributed by atoms with Gasteiger partial charge >= 0.3 is 0 Å². The molecular formula is C19H32N2S. The highest BCUT2D eigenvalue weighted by molar-refractivity contribution is 7.80. The van der Waals surface area contributed by atoms with Gasteiger partial charge in [-0.15, -0.1) is 0 Å². The van der Waals surface area contributed by atoms with Crippen LogP contribution in [0.15, 0.2) is 0 Å². The first-order chi connectivity index (χ1) is 10.5. The third-order valence-corrected chi connectivity index (χ3v) is 7.48. The van der Waals surface area contributed by atoms with Crippen LogP contribution in [-0.2, 0) is 0 Å². The normalized spacial score (nSPS) is 49.9. The zero-order chi connectivity index (χ0) is 15.3. The van der Waals surface area contributed by atoms with Crippen molar-refractivity contribution in [2.75, 3.05) is 0 Å². The molecular weight excluding hydrogens is 288 g/mol. The van der Waals surface area contributed by atoms with Gasteiger partial charge in [0.1, 0.15) is 0 Å². The molecule has 5 fully saturated rings. The predicted molar refractivity (Wildman–Crippen MR) is 95.7 cm³/mol. The highest BCUT2D eigenvalue weighted by Crippen LogP contribution is 2.55. The number of thiocarbonyl (C=S) groups is 1. The van der Waals surface area contributed by atoms with E-state index in [9.17, 15) is 0 Å². The predicted octanol–water partition coefficient (Wildman–Crippen LogP) is 4.24. The molecule has 0 aromatic carbocycles. The van der Waals surface area contributed by atoms with Crippen LogP contribution in [-0.4, -0.2) is 16.7 Å². The molecule has 22 heavy (non-hydrogen) atoms. The van der Waals surface area contributed by atoms with Gasteiger partial charge in [0.15, 0.2) is 5.11 Å². The van der Waals surface area contributed by atoms with Crippen LogP contribution in [0.2, 0.25) is 0 Å². The van der Waals surface area contributed by atoms with Crippen LogP contribution in [0.1, 0.15) is 71.6 Å². The van der Waals surface area contributed by atoms with Crippen LogP contribution in [0, 0.1) is 29.6 Å². The lowest BCUT2D eigenvalue weighted by Crippen LogP contribution is -2.62. The third-order valence-electron chi connectivity index (χ3n) is 7.26. The van der Waals surface area contributed by atoms with E-state index < -0.39 is 0 Å². The van der Waals surface area contributed by atoms with E-state index in [-0.39, 0.29) is 0 Å². The molecule has 124 valence electrons. The Kier molecular flexibility index (Phi) is 3.91. The van der Waals surface area contributed by atoms with Crippen molar-refractivity contribution in [2.45, 2.75) is 83.2 Å². The van der Waals surface area contributed by atoms with E-state index in [0.717, 1.165) is 34.7 Å². The van der Waals surface area contributed by atoms with Crippen molar-refractivity contribution in [3.05, 3.63) is 0 Å². The quantitative estimate of drug-likeness (QED) is 0.744. The number of hydrogen-bond acceptors (Lipinski definition) is 1. The Morgan fingerprint density at radius 1 is 0.909 bits per heavy atom. The number of nitrogens with one attached hydrogen (secondary N) is 2. The van der Waals surface area contributed by atoms with E-state index in [1.165, 1.54) is 57.8 Å². The summed E-state index contributed by atoms with van der Waals surface area (Å²) in [6.07, 6.45) is 12.7. The van der Waals surface area contributed by atoms with Gasteiger partial charge in [-0.3, -0.25) is 0 Å². The maximum atomic E-state index is 5.75. The van der Waals surface area contributed by atoms with Crippen LogP contribution >= 0.6 is 12.2 Å². The van der Waals surface area contributed by atoms with Crippen molar-refractivity contribution >= 4 is 17.3 Å². The molecule has 2 N–H and O–H groups in total. The van der Waals surface area contributed by atoms with Crippen molar-refractivity contribution in [3.63, 3.8) is 0 Å².